The maximum absolute atomic E-state index is 12.4. The molecule has 140 valence electrons. The highest BCUT2D eigenvalue weighted by molar-refractivity contribution is 5.97. The van der Waals surface area contributed by atoms with Crippen LogP contribution in [0.25, 0.3) is 10.9 Å². The molecule has 2 aromatic carbocycles. The third kappa shape index (κ3) is 5.55. The third-order valence-electron chi connectivity index (χ3n) is 4.51. The zero-order valence-corrected chi connectivity index (χ0v) is 15.8. The van der Waals surface area contributed by atoms with Crippen LogP contribution < -0.4 is 10.1 Å². The number of carbonyl (C=O) groups is 1. The number of ether oxygens (including phenoxy) is 1. The summed E-state index contributed by atoms with van der Waals surface area (Å²) in [7, 11) is 0. The number of rotatable bonds is 9. The molecule has 4 heteroatoms. The van der Waals surface area contributed by atoms with Gasteiger partial charge in [-0.05, 0) is 48.4 Å². The van der Waals surface area contributed by atoms with E-state index >= 15 is 0 Å². The first-order chi connectivity index (χ1) is 13.3. The largest absolute Gasteiger partial charge is 0.494 e. The van der Waals surface area contributed by atoms with Gasteiger partial charge in [0.05, 0.1) is 12.1 Å². The fourth-order valence-corrected chi connectivity index (χ4v) is 2.92. The van der Waals surface area contributed by atoms with E-state index in [4.69, 9.17) is 4.74 Å². The molecular formula is C23H26N2O2. The van der Waals surface area contributed by atoms with Crippen molar-refractivity contribution in [1.29, 1.82) is 0 Å². The molecule has 3 rings (SSSR count). The number of carbonyl (C=O) groups excluding carboxylic acids is 1. The molecule has 0 aliphatic rings. The SMILES string of the molecule is CCCCCCOc1ccc(CNC(=O)c2ccc3ncccc3c2)cc1. The second-order valence-corrected chi connectivity index (χ2v) is 6.65. The summed E-state index contributed by atoms with van der Waals surface area (Å²) in [5.41, 5.74) is 2.58. The number of fused-ring (bicyclic) bond motifs is 1. The lowest BCUT2D eigenvalue weighted by Gasteiger charge is -2.09. The maximum atomic E-state index is 12.4. The normalized spacial score (nSPS) is 10.7. The van der Waals surface area contributed by atoms with Gasteiger partial charge in [0.15, 0.2) is 0 Å². The van der Waals surface area contributed by atoms with Crippen LogP contribution in [0.2, 0.25) is 0 Å². The van der Waals surface area contributed by atoms with Gasteiger partial charge < -0.3 is 10.1 Å². The van der Waals surface area contributed by atoms with Crippen LogP contribution in [0, 0.1) is 0 Å². The van der Waals surface area contributed by atoms with Crippen molar-refractivity contribution < 1.29 is 9.53 Å². The first-order valence-electron chi connectivity index (χ1n) is 9.61. The average Bonchev–Trinajstić information content (AvgIpc) is 2.72. The molecule has 1 amide bonds. The summed E-state index contributed by atoms with van der Waals surface area (Å²) in [5, 5.41) is 3.93. The number of pyridine rings is 1. The van der Waals surface area contributed by atoms with Crippen molar-refractivity contribution in [2.75, 3.05) is 6.61 Å². The van der Waals surface area contributed by atoms with Gasteiger partial charge in [0.2, 0.25) is 0 Å². The summed E-state index contributed by atoms with van der Waals surface area (Å²) < 4.78 is 5.75. The molecule has 0 bridgehead atoms. The fourth-order valence-electron chi connectivity index (χ4n) is 2.92. The summed E-state index contributed by atoms with van der Waals surface area (Å²) in [6, 6.07) is 17.3. The van der Waals surface area contributed by atoms with Crippen molar-refractivity contribution in [3.63, 3.8) is 0 Å². The first kappa shape index (κ1) is 18.9. The molecule has 27 heavy (non-hydrogen) atoms. The van der Waals surface area contributed by atoms with Gasteiger partial charge in [-0.1, -0.05) is 44.4 Å². The summed E-state index contributed by atoms with van der Waals surface area (Å²) in [4.78, 5) is 16.7. The van der Waals surface area contributed by atoms with Gasteiger partial charge in [-0.25, -0.2) is 0 Å². The minimum Gasteiger partial charge on any atom is -0.494 e. The third-order valence-corrected chi connectivity index (χ3v) is 4.51. The van der Waals surface area contributed by atoms with E-state index in [0.717, 1.165) is 35.2 Å². The van der Waals surface area contributed by atoms with Crippen LogP contribution in [0.4, 0.5) is 0 Å². The van der Waals surface area contributed by atoms with Crippen molar-refractivity contribution in [1.82, 2.24) is 10.3 Å². The Kier molecular flexibility index (Phi) is 6.80. The number of nitrogens with zero attached hydrogens (tertiary/aromatic N) is 1. The summed E-state index contributed by atoms with van der Waals surface area (Å²) >= 11 is 0. The minimum atomic E-state index is -0.0861. The van der Waals surface area contributed by atoms with Crippen molar-refractivity contribution >= 4 is 16.8 Å². The number of aromatic nitrogens is 1. The average molecular weight is 362 g/mol. The molecule has 0 atom stereocenters. The Labute approximate surface area is 160 Å². The van der Waals surface area contributed by atoms with Crippen LogP contribution in [0.1, 0.15) is 48.5 Å². The van der Waals surface area contributed by atoms with Crippen molar-refractivity contribution in [2.24, 2.45) is 0 Å². The van der Waals surface area contributed by atoms with E-state index in [1.165, 1.54) is 19.3 Å². The van der Waals surface area contributed by atoms with E-state index in [2.05, 4.69) is 17.2 Å². The van der Waals surface area contributed by atoms with Gasteiger partial charge >= 0.3 is 0 Å². The molecule has 4 nitrogen and oxygen atoms in total. The fraction of sp³-hybridized carbons (Fsp3) is 0.304. The summed E-state index contributed by atoms with van der Waals surface area (Å²) in [6.07, 6.45) is 6.55. The second-order valence-electron chi connectivity index (χ2n) is 6.65. The van der Waals surface area contributed by atoms with E-state index in [0.29, 0.717) is 12.1 Å². The smallest absolute Gasteiger partial charge is 0.251 e. The number of hydrogen-bond donors (Lipinski definition) is 1. The van der Waals surface area contributed by atoms with Crippen LogP contribution in [-0.4, -0.2) is 17.5 Å². The standard InChI is InChI=1S/C23H26N2O2/c1-2-3-4-5-15-27-21-11-8-18(9-12-21)17-25-23(26)20-10-13-22-19(16-20)7-6-14-24-22/h6-14,16H,2-5,15,17H2,1H3,(H,25,26). The Balaban J connectivity index is 1.49. The van der Waals surface area contributed by atoms with E-state index in [-0.39, 0.29) is 5.91 Å². The molecule has 0 radical (unpaired) electrons. The van der Waals surface area contributed by atoms with Gasteiger partial charge in [0.1, 0.15) is 5.75 Å². The molecule has 0 saturated carbocycles. The highest BCUT2D eigenvalue weighted by Gasteiger charge is 2.06. The van der Waals surface area contributed by atoms with Crippen molar-refractivity contribution in [2.45, 2.75) is 39.2 Å². The van der Waals surface area contributed by atoms with Crippen LogP contribution in [0.3, 0.4) is 0 Å². The number of hydrogen-bond acceptors (Lipinski definition) is 3. The molecule has 0 unspecified atom stereocenters. The topological polar surface area (TPSA) is 51.2 Å². The van der Waals surface area contributed by atoms with Crippen LogP contribution in [0.5, 0.6) is 5.75 Å². The predicted molar refractivity (Wildman–Crippen MR) is 109 cm³/mol. The van der Waals surface area contributed by atoms with Crippen LogP contribution in [0.15, 0.2) is 60.8 Å². The molecule has 1 aromatic heterocycles. The zero-order chi connectivity index (χ0) is 18.9. The van der Waals surface area contributed by atoms with E-state index in [1.54, 1.807) is 12.3 Å². The molecular weight excluding hydrogens is 336 g/mol. The van der Waals surface area contributed by atoms with E-state index in [9.17, 15) is 4.79 Å². The molecule has 1 N–H and O–H groups in total. The molecule has 0 spiro atoms. The Morgan fingerprint density at radius 3 is 2.70 bits per heavy atom. The molecule has 1 heterocycles. The highest BCUT2D eigenvalue weighted by atomic mass is 16.5. The summed E-state index contributed by atoms with van der Waals surface area (Å²) in [6.45, 7) is 3.45. The first-order valence-corrected chi connectivity index (χ1v) is 9.61. The van der Waals surface area contributed by atoms with Gasteiger partial charge in [-0.2, -0.15) is 0 Å². The van der Waals surface area contributed by atoms with E-state index < -0.39 is 0 Å². The summed E-state index contributed by atoms with van der Waals surface area (Å²) in [5.74, 6) is 0.792. The van der Waals surface area contributed by atoms with E-state index in [1.807, 2.05) is 48.5 Å². The lowest BCUT2D eigenvalue weighted by atomic mass is 10.1. The molecule has 3 aromatic rings. The predicted octanol–water partition coefficient (Wildman–Crippen LogP) is 5.12. The van der Waals surface area contributed by atoms with Gasteiger partial charge in [0.25, 0.3) is 5.91 Å². The number of nitrogens with one attached hydrogen (secondary N) is 1. The van der Waals surface area contributed by atoms with Gasteiger partial charge in [-0.3, -0.25) is 9.78 Å². The number of unbranched alkanes of at least 4 members (excludes halogenated alkanes) is 3. The minimum absolute atomic E-state index is 0.0861. The number of amides is 1. The number of benzene rings is 2. The lowest BCUT2D eigenvalue weighted by molar-refractivity contribution is 0.0951. The zero-order valence-electron chi connectivity index (χ0n) is 15.8. The Hall–Kier alpha value is -2.88. The van der Waals surface area contributed by atoms with Crippen molar-refractivity contribution in [3.8, 4) is 5.75 Å². The van der Waals surface area contributed by atoms with Crippen LogP contribution in [-0.2, 0) is 6.54 Å². The Bertz CT molecular complexity index is 875. The maximum Gasteiger partial charge on any atom is 0.251 e. The molecule has 0 saturated heterocycles. The quantitative estimate of drug-likeness (QED) is 0.537. The molecule has 0 aliphatic carbocycles. The highest BCUT2D eigenvalue weighted by Crippen LogP contribution is 2.15. The van der Waals surface area contributed by atoms with Crippen LogP contribution >= 0.6 is 0 Å². The monoisotopic (exact) mass is 362 g/mol. The molecule has 0 aliphatic heterocycles. The Morgan fingerprint density at radius 2 is 1.89 bits per heavy atom. The van der Waals surface area contributed by atoms with Crippen molar-refractivity contribution in [3.05, 3.63) is 71.9 Å². The second kappa shape index (κ2) is 9.72. The molecule has 0 fully saturated rings. The lowest BCUT2D eigenvalue weighted by Crippen LogP contribution is -2.22. The Morgan fingerprint density at radius 1 is 1.04 bits per heavy atom. The van der Waals surface area contributed by atoms with Gasteiger partial charge in [-0.15, -0.1) is 0 Å². The van der Waals surface area contributed by atoms with Gasteiger partial charge in [0, 0.05) is 23.7 Å².